The molecule has 16 heavy (non-hydrogen) atoms. The third-order valence-corrected chi connectivity index (χ3v) is 4.48. The van der Waals surface area contributed by atoms with Gasteiger partial charge in [-0.05, 0) is 17.7 Å². The lowest BCUT2D eigenvalue weighted by Gasteiger charge is -2.33. The van der Waals surface area contributed by atoms with E-state index in [1.807, 2.05) is 11.8 Å². The Kier molecular flexibility index (Phi) is 4.16. The third kappa shape index (κ3) is 2.73. The molecular formula is C12H17BrN2S. The molecule has 1 aromatic rings. The van der Waals surface area contributed by atoms with Gasteiger partial charge in [0.25, 0.3) is 0 Å². The van der Waals surface area contributed by atoms with Crippen molar-refractivity contribution in [3.8, 4) is 0 Å². The first-order valence-electron chi connectivity index (χ1n) is 5.55. The van der Waals surface area contributed by atoms with Crippen molar-refractivity contribution in [1.82, 2.24) is 0 Å². The summed E-state index contributed by atoms with van der Waals surface area (Å²) in [6, 6.07) is 6.37. The molecule has 1 aromatic carbocycles. The van der Waals surface area contributed by atoms with Crippen LogP contribution < -0.4 is 10.6 Å². The topological polar surface area (TPSA) is 29.3 Å². The molecule has 0 radical (unpaired) electrons. The van der Waals surface area contributed by atoms with E-state index in [-0.39, 0.29) is 0 Å². The fourth-order valence-corrected chi connectivity index (χ4v) is 3.40. The number of anilines is 1. The maximum Gasteiger partial charge on any atom is 0.0423 e. The number of hydrogen-bond acceptors (Lipinski definition) is 3. The zero-order valence-corrected chi connectivity index (χ0v) is 11.9. The van der Waals surface area contributed by atoms with Crippen molar-refractivity contribution in [1.29, 1.82) is 0 Å². The van der Waals surface area contributed by atoms with E-state index in [9.17, 15) is 0 Å². The molecule has 0 bridgehead atoms. The molecule has 2 nitrogen and oxygen atoms in total. The van der Waals surface area contributed by atoms with Gasteiger partial charge in [0, 0.05) is 40.8 Å². The molecule has 88 valence electrons. The molecule has 0 aliphatic carbocycles. The quantitative estimate of drug-likeness (QED) is 0.911. The normalized spacial score (nSPS) is 21.2. The van der Waals surface area contributed by atoms with Gasteiger partial charge in [0.2, 0.25) is 0 Å². The Morgan fingerprint density at radius 2 is 2.38 bits per heavy atom. The Balaban J connectivity index is 2.26. The van der Waals surface area contributed by atoms with Crippen LogP contribution in [0.4, 0.5) is 5.69 Å². The Bertz CT molecular complexity index is 370. The first kappa shape index (κ1) is 12.3. The highest BCUT2D eigenvalue weighted by atomic mass is 79.9. The van der Waals surface area contributed by atoms with Crippen LogP contribution in [-0.2, 0) is 6.54 Å². The fraction of sp³-hybridized carbons (Fsp3) is 0.500. The van der Waals surface area contributed by atoms with Gasteiger partial charge in [0.05, 0.1) is 0 Å². The monoisotopic (exact) mass is 300 g/mol. The average Bonchev–Trinajstić information content (AvgIpc) is 2.29. The van der Waals surface area contributed by atoms with Gasteiger partial charge in [-0.25, -0.2) is 0 Å². The number of nitrogens with two attached hydrogens (primary N) is 1. The van der Waals surface area contributed by atoms with Crippen LogP contribution >= 0.6 is 27.7 Å². The molecule has 1 unspecified atom stereocenters. The number of nitrogens with zero attached hydrogens (tertiary/aromatic N) is 1. The molecule has 0 amide bonds. The fourth-order valence-electron chi connectivity index (χ4n) is 2.04. The summed E-state index contributed by atoms with van der Waals surface area (Å²) < 4.78 is 1.13. The van der Waals surface area contributed by atoms with E-state index in [0.717, 1.165) is 17.6 Å². The molecule has 2 N–H and O–H groups in total. The Hall–Kier alpha value is -0.190. The molecule has 1 saturated heterocycles. The predicted octanol–water partition coefficient (Wildman–Crippen LogP) is 2.85. The zero-order valence-electron chi connectivity index (χ0n) is 9.45. The Morgan fingerprint density at radius 1 is 1.56 bits per heavy atom. The molecule has 0 aromatic heterocycles. The van der Waals surface area contributed by atoms with Crippen molar-refractivity contribution in [3.63, 3.8) is 0 Å². The highest BCUT2D eigenvalue weighted by molar-refractivity contribution is 9.10. The molecule has 1 fully saturated rings. The Morgan fingerprint density at radius 3 is 3.06 bits per heavy atom. The largest absolute Gasteiger partial charge is 0.369 e. The van der Waals surface area contributed by atoms with Gasteiger partial charge in [0.15, 0.2) is 0 Å². The maximum atomic E-state index is 5.79. The van der Waals surface area contributed by atoms with Crippen molar-refractivity contribution in [3.05, 3.63) is 28.2 Å². The van der Waals surface area contributed by atoms with E-state index in [0.29, 0.717) is 11.8 Å². The second-order valence-electron chi connectivity index (χ2n) is 4.10. The second kappa shape index (κ2) is 5.43. The van der Waals surface area contributed by atoms with E-state index in [1.165, 1.54) is 17.0 Å². The van der Waals surface area contributed by atoms with Crippen molar-refractivity contribution in [2.75, 3.05) is 23.7 Å². The highest BCUT2D eigenvalue weighted by Crippen LogP contribution is 2.29. The van der Waals surface area contributed by atoms with Crippen LogP contribution in [0, 0.1) is 0 Å². The standard InChI is InChI=1S/C12H17BrN2S/c1-9-8-15(4-5-16-9)12-6-11(13)3-2-10(12)7-14/h2-3,6,9H,4-5,7-8,14H2,1H3. The number of halogens is 1. The van der Waals surface area contributed by atoms with E-state index in [2.05, 4.69) is 46.0 Å². The van der Waals surface area contributed by atoms with Gasteiger partial charge in [-0.2, -0.15) is 11.8 Å². The summed E-state index contributed by atoms with van der Waals surface area (Å²) in [5.41, 5.74) is 8.33. The summed E-state index contributed by atoms with van der Waals surface area (Å²) in [7, 11) is 0. The van der Waals surface area contributed by atoms with Crippen molar-refractivity contribution in [2.24, 2.45) is 5.73 Å². The summed E-state index contributed by atoms with van der Waals surface area (Å²) in [6.45, 7) is 5.14. The summed E-state index contributed by atoms with van der Waals surface area (Å²) in [5.74, 6) is 1.21. The maximum absolute atomic E-state index is 5.79. The van der Waals surface area contributed by atoms with Gasteiger partial charge >= 0.3 is 0 Å². The van der Waals surface area contributed by atoms with E-state index in [4.69, 9.17) is 5.73 Å². The smallest absolute Gasteiger partial charge is 0.0423 e. The minimum absolute atomic E-state index is 0.612. The summed E-state index contributed by atoms with van der Waals surface area (Å²) in [4.78, 5) is 2.45. The van der Waals surface area contributed by atoms with E-state index < -0.39 is 0 Å². The first-order valence-corrected chi connectivity index (χ1v) is 7.40. The van der Waals surface area contributed by atoms with Crippen LogP contribution in [0.2, 0.25) is 0 Å². The van der Waals surface area contributed by atoms with Crippen LogP contribution in [0.1, 0.15) is 12.5 Å². The Labute approximate surface area is 110 Å². The molecule has 1 aliphatic rings. The van der Waals surface area contributed by atoms with Crippen molar-refractivity contribution >= 4 is 33.4 Å². The number of rotatable bonds is 2. The molecule has 2 rings (SSSR count). The summed E-state index contributed by atoms with van der Waals surface area (Å²) in [5, 5.41) is 0.707. The first-order chi connectivity index (χ1) is 7.70. The lowest BCUT2D eigenvalue weighted by atomic mass is 10.1. The van der Waals surface area contributed by atoms with Crippen molar-refractivity contribution < 1.29 is 0 Å². The number of hydrogen-bond donors (Lipinski definition) is 1. The predicted molar refractivity (Wildman–Crippen MR) is 76.2 cm³/mol. The van der Waals surface area contributed by atoms with Gasteiger partial charge in [-0.1, -0.05) is 28.9 Å². The van der Waals surface area contributed by atoms with Crippen LogP contribution in [-0.4, -0.2) is 24.1 Å². The highest BCUT2D eigenvalue weighted by Gasteiger charge is 2.18. The van der Waals surface area contributed by atoms with Gasteiger partial charge in [0.1, 0.15) is 0 Å². The van der Waals surface area contributed by atoms with Crippen LogP contribution in [0.5, 0.6) is 0 Å². The van der Waals surface area contributed by atoms with Gasteiger partial charge in [-0.3, -0.25) is 0 Å². The molecule has 1 aliphatic heterocycles. The summed E-state index contributed by atoms with van der Waals surface area (Å²) >= 11 is 5.58. The van der Waals surface area contributed by atoms with Gasteiger partial charge in [-0.15, -0.1) is 0 Å². The molecule has 4 heteroatoms. The van der Waals surface area contributed by atoms with Gasteiger partial charge < -0.3 is 10.6 Å². The minimum Gasteiger partial charge on any atom is -0.369 e. The number of benzene rings is 1. The number of thioether (sulfide) groups is 1. The molecule has 0 saturated carbocycles. The van der Waals surface area contributed by atoms with Crippen molar-refractivity contribution in [2.45, 2.75) is 18.7 Å². The van der Waals surface area contributed by atoms with Crippen LogP contribution in [0.25, 0.3) is 0 Å². The summed E-state index contributed by atoms with van der Waals surface area (Å²) in [6.07, 6.45) is 0. The lowest BCUT2D eigenvalue weighted by Crippen LogP contribution is -2.37. The molecule has 1 atom stereocenters. The van der Waals surface area contributed by atoms with Crippen LogP contribution in [0.3, 0.4) is 0 Å². The zero-order chi connectivity index (χ0) is 11.5. The third-order valence-electron chi connectivity index (χ3n) is 2.85. The minimum atomic E-state index is 0.612. The second-order valence-corrected chi connectivity index (χ2v) is 6.57. The van der Waals surface area contributed by atoms with E-state index >= 15 is 0 Å². The molecule has 0 spiro atoms. The van der Waals surface area contributed by atoms with E-state index in [1.54, 1.807) is 0 Å². The SMILES string of the molecule is CC1CN(c2cc(Br)ccc2CN)CCS1. The average molecular weight is 301 g/mol. The molecule has 1 heterocycles. The van der Waals surface area contributed by atoms with Crippen LogP contribution in [0.15, 0.2) is 22.7 Å². The lowest BCUT2D eigenvalue weighted by molar-refractivity contribution is 0.776. The molecular weight excluding hydrogens is 284 g/mol.